The van der Waals surface area contributed by atoms with Crippen LogP contribution in [0.2, 0.25) is 0 Å². The van der Waals surface area contributed by atoms with E-state index in [-0.39, 0.29) is 11.9 Å². The van der Waals surface area contributed by atoms with E-state index in [9.17, 15) is 4.39 Å². The predicted octanol–water partition coefficient (Wildman–Crippen LogP) is 3.69. The van der Waals surface area contributed by atoms with E-state index in [1.165, 1.54) is 0 Å². The maximum absolute atomic E-state index is 13.8. The first-order valence-electron chi connectivity index (χ1n) is 5.90. The molecule has 2 heteroatoms. The monoisotopic (exact) mass is 223 g/mol. The molecule has 0 bridgehead atoms. The molecule has 0 aliphatic carbocycles. The van der Waals surface area contributed by atoms with Gasteiger partial charge in [0, 0.05) is 11.6 Å². The largest absolute Gasteiger partial charge is 0.313 e. The van der Waals surface area contributed by atoms with Gasteiger partial charge in [-0.15, -0.1) is 0 Å². The molecule has 2 unspecified atom stereocenters. The van der Waals surface area contributed by atoms with E-state index < -0.39 is 0 Å². The molecular formula is C14H22FN. The number of rotatable bonds is 4. The molecule has 0 saturated carbocycles. The van der Waals surface area contributed by atoms with Crippen molar-refractivity contribution in [2.45, 2.75) is 33.7 Å². The standard InChI is InChI=1S/C14H22FN/c1-9(2)11(4)14(16-5)12-8-10(3)6-7-13(12)15/h6-9,11,14,16H,1-5H3. The number of nitrogens with one attached hydrogen (secondary N) is 1. The van der Waals surface area contributed by atoms with Crippen molar-refractivity contribution >= 4 is 0 Å². The SMILES string of the molecule is CNC(c1cc(C)ccc1F)C(C)C(C)C. The lowest BCUT2D eigenvalue weighted by Crippen LogP contribution is -2.27. The zero-order chi connectivity index (χ0) is 12.3. The molecule has 1 nitrogen and oxygen atoms in total. The highest BCUT2D eigenvalue weighted by molar-refractivity contribution is 5.27. The zero-order valence-corrected chi connectivity index (χ0v) is 10.8. The Morgan fingerprint density at radius 2 is 1.81 bits per heavy atom. The van der Waals surface area contributed by atoms with Crippen molar-refractivity contribution in [3.8, 4) is 0 Å². The molecule has 0 saturated heterocycles. The van der Waals surface area contributed by atoms with Crippen LogP contribution in [0, 0.1) is 24.6 Å². The molecule has 0 fully saturated rings. The topological polar surface area (TPSA) is 12.0 Å². The Labute approximate surface area is 98.1 Å². The van der Waals surface area contributed by atoms with E-state index in [2.05, 4.69) is 26.1 Å². The maximum atomic E-state index is 13.8. The summed E-state index contributed by atoms with van der Waals surface area (Å²) < 4.78 is 13.8. The summed E-state index contributed by atoms with van der Waals surface area (Å²) in [5, 5.41) is 3.23. The molecule has 0 spiro atoms. The minimum absolute atomic E-state index is 0.0832. The fourth-order valence-corrected chi connectivity index (χ4v) is 1.99. The van der Waals surface area contributed by atoms with Gasteiger partial charge in [-0.05, 0) is 31.9 Å². The molecule has 1 rings (SSSR count). The smallest absolute Gasteiger partial charge is 0.128 e. The van der Waals surface area contributed by atoms with E-state index in [0.29, 0.717) is 11.8 Å². The minimum Gasteiger partial charge on any atom is -0.313 e. The summed E-state index contributed by atoms with van der Waals surface area (Å²) in [6.45, 7) is 8.49. The normalized spacial score (nSPS) is 15.2. The van der Waals surface area contributed by atoms with Crippen LogP contribution in [0.3, 0.4) is 0 Å². The number of aryl methyl sites for hydroxylation is 1. The van der Waals surface area contributed by atoms with Crippen LogP contribution >= 0.6 is 0 Å². The van der Waals surface area contributed by atoms with E-state index in [1.807, 2.05) is 26.1 Å². The lowest BCUT2D eigenvalue weighted by atomic mass is 9.85. The molecule has 1 aromatic rings. The Morgan fingerprint density at radius 1 is 1.19 bits per heavy atom. The van der Waals surface area contributed by atoms with Crippen molar-refractivity contribution in [2.75, 3.05) is 7.05 Å². The van der Waals surface area contributed by atoms with Crippen LogP contribution in [-0.4, -0.2) is 7.05 Å². The molecule has 0 heterocycles. The van der Waals surface area contributed by atoms with Gasteiger partial charge in [-0.2, -0.15) is 0 Å². The third-order valence-electron chi connectivity index (χ3n) is 3.37. The molecule has 1 aromatic carbocycles. The van der Waals surface area contributed by atoms with Gasteiger partial charge in [-0.25, -0.2) is 4.39 Å². The quantitative estimate of drug-likeness (QED) is 0.821. The van der Waals surface area contributed by atoms with Gasteiger partial charge in [-0.3, -0.25) is 0 Å². The van der Waals surface area contributed by atoms with Crippen LogP contribution in [0.15, 0.2) is 18.2 Å². The van der Waals surface area contributed by atoms with Gasteiger partial charge in [-0.1, -0.05) is 38.5 Å². The van der Waals surface area contributed by atoms with Crippen LogP contribution in [0.5, 0.6) is 0 Å². The Bertz CT molecular complexity index is 347. The predicted molar refractivity (Wildman–Crippen MR) is 66.9 cm³/mol. The Balaban J connectivity index is 3.07. The second kappa shape index (κ2) is 5.44. The fraction of sp³-hybridized carbons (Fsp3) is 0.571. The first-order valence-corrected chi connectivity index (χ1v) is 5.90. The Morgan fingerprint density at radius 3 is 2.31 bits per heavy atom. The van der Waals surface area contributed by atoms with Crippen molar-refractivity contribution < 1.29 is 4.39 Å². The van der Waals surface area contributed by atoms with Crippen molar-refractivity contribution in [1.82, 2.24) is 5.32 Å². The van der Waals surface area contributed by atoms with Crippen LogP contribution in [0.1, 0.15) is 37.9 Å². The van der Waals surface area contributed by atoms with Crippen LogP contribution in [-0.2, 0) is 0 Å². The molecule has 16 heavy (non-hydrogen) atoms. The van der Waals surface area contributed by atoms with E-state index >= 15 is 0 Å². The van der Waals surface area contributed by atoms with Gasteiger partial charge in [0.2, 0.25) is 0 Å². The molecule has 0 radical (unpaired) electrons. The first kappa shape index (κ1) is 13.2. The first-order chi connectivity index (χ1) is 7.47. The van der Waals surface area contributed by atoms with E-state index in [4.69, 9.17) is 0 Å². The third kappa shape index (κ3) is 2.82. The Hall–Kier alpha value is -0.890. The van der Waals surface area contributed by atoms with Crippen LogP contribution in [0.25, 0.3) is 0 Å². The molecule has 0 amide bonds. The summed E-state index contributed by atoms with van der Waals surface area (Å²) in [7, 11) is 1.89. The molecular weight excluding hydrogens is 201 g/mol. The van der Waals surface area contributed by atoms with Gasteiger partial charge in [0.25, 0.3) is 0 Å². The Kier molecular flexibility index (Phi) is 4.48. The molecule has 2 atom stereocenters. The highest BCUT2D eigenvalue weighted by Crippen LogP contribution is 2.29. The zero-order valence-electron chi connectivity index (χ0n) is 10.8. The minimum atomic E-state index is -0.113. The third-order valence-corrected chi connectivity index (χ3v) is 3.37. The highest BCUT2D eigenvalue weighted by atomic mass is 19.1. The van der Waals surface area contributed by atoms with Crippen molar-refractivity contribution in [3.05, 3.63) is 35.1 Å². The summed E-state index contributed by atoms with van der Waals surface area (Å²) in [4.78, 5) is 0. The molecule has 0 aliphatic rings. The van der Waals surface area contributed by atoms with Crippen LogP contribution < -0.4 is 5.32 Å². The van der Waals surface area contributed by atoms with Gasteiger partial charge < -0.3 is 5.32 Å². The molecule has 0 aromatic heterocycles. The summed E-state index contributed by atoms with van der Waals surface area (Å²) in [6.07, 6.45) is 0. The average molecular weight is 223 g/mol. The van der Waals surface area contributed by atoms with E-state index in [1.54, 1.807) is 6.07 Å². The fourth-order valence-electron chi connectivity index (χ4n) is 1.99. The van der Waals surface area contributed by atoms with Crippen molar-refractivity contribution in [1.29, 1.82) is 0 Å². The van der Waals surface area contributed by atoms with E-state index in [0.717, 1.165) is 11.1 Å². The average Bonchev–Trinajstić information content (AvgIpc) is 2.23. The highest BCUT2D eigenvalue weighted by Gasteiger charge is 2.22. The summed E-state index contributed by atoms with van der Waals surface area (Å²) in [5.41, 5.74) is 1.89. The van der Waals surface area contributed by atoms with Crippen molar-refractivity contribution in [2.24, 2.45) is 11.8 Å². The summed E-state index contributed by atoms with van der Waals surface area (Å²) in [6, 6.07) is 5.39. The number of benzene rings is 1. The molecule has 1 N–H and O–H groups in total. The summed E-state index contributed by atoms with van der Waals surface area (Å²) in [5.74, 6) is 0.816. The second-order valence-corrected chi connectivity index (χ2v) is 4.89. The maximum Gasteiger partial charge on any atom is 0.128 e. The molecule has 0 aliphatic heterocycles. The lowest BCUT2D eigenvalue weighted by molar-refractivity contribution is 0.310. The van der Waals surface area contributed by atoms with Gasteiger partial charge in [0.1, 0.15) is 5.82 Å². The summed E-state index contributed by atoms with van der Waals surface area (Å²) >= 11 is 0. The lowest BCUT2D eigenvalue weighted by Gasteiger charge is -2.27. The van der Waals surface area contributed by atoms with Crippen molar-refractivity contribution in [3.63, 3.8) is 0 Å². The molecule has 90 valence electrons. The number of halogens is 1. The van der Waals surface area contributed by atoms with Gasteiger partial charge in [0.05, 0.1) is 0 Å². The number of hydrogen-bond acceptors (Lipinski definition) is 1. The number of hydrogen-bond donors (Lipinski definition) is 1. The van der Waals surface area contributed by atoms with Gasteiger partial charge in [0.15, 0.2) is 0 Å². The van der Waals surface area contributed by atoms with Crippen LogP contribution in [0.4, 0.5) is 4.39 Å². The second-order valence-electron chi connectivity index (χ2n) is 4.89. The van der Waals surface area contributed by atoms with Gasteiger partial charge >= 0.3 is 0 Å².